The summed E-state index contributed by atoms with van der Waals surface area (Å²) in [5.41, 5.74) is 3.61. The highest BCUT2D eigenvalue weighted by molar-refractivity contribution is 6.30. The van der Waals surface area contributed by atoms with Crippen molar-refractivity contribution in [3.05, 3.63) is 29.0 Å². The molecule has 0 aromatic carbocycles. The lowest BCUT2D eigenvalue weighted by Crippen LogP contribution is -2.28. The van der Waals surface area contributed by atoms with E-state index in [1.165, 1.54) is 0 Å². The number of aromatic nitrogens is 1. The molecule has 1 aromatic heterocycles. The fourth-order valence-corrected chi connectivity index (χ4v) is 1.43. The van der Waals surface area contributed by atoms with Gasteiger partial charge < -0.3 is 0 Å². The average molecular weight is 224 g/mol. The van der Waals surface area contributed by atoms with Crippen LogP contribution in [0.2, 0.25) is 5.02 Å². The molecule has 0 saturated heterocycles. The van der Waals surface area contributed by atoms with Crippen LogP contribution in [-0.4, -0.2) is 4.98 Å². The molecule has 0 spiro atoms. The Morgan fingerprint density at radius 3 is 2.93 bits per heavy atom. The smallest absolute Gasteiger partial charge is 0.0632 e. The normalized spacial score (nSPS) is 12.1. The number of pyridine rings is 1. The van der Waals surface area contributed by atoms with E-state index in [2.05, 4.69) is 16.3 Å². The van der Waals surface area contributed by atoms with Gasteiger partial charge >= 0.3 is 0 Å². The molecule has 1 unspecified atom stereocenters. The van der Waals surface area contributed by atoms with Gasteiger partial charge in [-0.15, -0.1) is 12.3 Å². The molecule has 0 amide bonds. The lowest BCUT2D eigenvalue weighted by Gasteiger charge is -2.14. The molecule has 3 nitrogen and oxygen atoms in total. The minimum atomic E-state index is 0.0376. The van der Waals surface area contributed by atoms with Crippen molar-refractivity contribution < 1.29 is 0 Å². The summed E-state index contributed by atoms with van der Waals surface area (Å²) in [5.74, 6) is 8.05. The van der Waals surface area contributed by atoms with Crippen LogP contribution in [0.25, 0.3) is 0 Å². The maximum atomic E-state index is 5.75. The van der Waals surface area contributed by atoms with Crippen molar-refractivity contribution in [2.75, 3.05) is 0 Å². The van der Waals surface area contributed by atoms with E-state index in [9.17, 15) is 0 Å². The van der Waals surface area contributed by atoms with E-state index < -0.39 is 0 Å². The van der Waals surface area contributed by atoms with E-state index in [-0.39, 0.29) is 6.04 Å². The highest BCUT2D eigenvalue weighted by Gasteiger charge is 2.09. The molecule has 1 heterocycles. The van der Waals surface area contributed by atoms with Gasteiger partial charge in [-0.3, -0.25) is 16.3 Å². The van der Waals surface area contributed by atoms with Crippen LogP contribution in [0.5, 0.6) is 0 Å². The van der Waals surface area contributed by atoms with Gasteiger partial charge in [0.15, 0.2) is 0 Å². The van der Waals surface area contributed by atoms with Crippen LogP contribution < -0.4 is 11.3 Å². The van der Waals surface area contributed by atoms with Crippen molar-refractivity contribution in [2.24, 2.45) is 5.84 Å². The third-order valence-electron chi connectivity index (χ3n) is 2.12. The molecule has 3 N–H and O–H groups in total. The number of nitrogens with two attached hydrogens (primary N) is 1. The Balaban J connectivity index is 2.58. The summed E-state index contributed by atoms with van der Waals surface area (Å²) in [5, 5.41) is 0.623. The van der Waals surface area contributed by atoms with E-state index in [0.717, 1.165) is 25.0 Å². The first-order valence-electron chi connectivity index (χ1n) is 4.79. The molecule has 1 atom stereocenters. The second-order valence-corrected chi connectivity index (χ2v) is 3.65. The molecule has 0 radical (unpaired) electrons. The number of halogens is 1. The van der Waals surface area contributed by atoms with Crippen LogP contribution in [-0.2, 0) is 0 Å². The van der Waals surface area contributed by atoms with Crippen molar-refractivity contribution in [1.82, 2.24) is 10.4 Å². The summed E-state index contributed by atoms with van der Waals surface area (Å²) in [6, 6.07) is 3.70. The molecule has 1 rings (SSSR count). The van der Waals surface area contributed by atoms with E-state index in [1.807, 2.05) is 6.07 Å². The third kappa shape index (κ3) is 3.88. The van der Waals surface area contributed by atoms with Crippen LogP contribution >= 0.6 is 11.6 Å². The topological polar surface area (TPSA) is 50.9 Å². The van der Waals surface area contributed by atoms with Gasteiger partial charge in [-0.25, -0.2) is 0 Å². The lowest BCUT2D eigenvalue weighted by molar-refractivity contribution is 0.491. The fourth-order valence-electron chi connectivity index (χ4n) is 1.32. The summed E-state index contributed by atoms with van der Waals surface area (Å²) in [6.45, 7) is 0. The molecule has 0 aliphatic heterocycles. The quantitative estimate of drug-likeness (QED) is 0.348. The number of unbranched alkanes of at least 4 members (excludes halogenated alkanes) is 1. The predicted molar refractivity (Wildman–Crippen MR) is 62.0 cm³/mol. The molecular weight excluding hydrogens is 210 g/mol. The molecule has 1 aromatic rings. The second-order valence-electron chi connectivity index (χ2n) is 3.22. The van der Waals surface area contributed by atoms with Gasteiger partial charge in [-0.05, 0) is 25.0 Å². The van der Waals surface area contributed by atoms with Crippen LogP contribution in [0.15, 0.2) is 18.3 Å². The summed E-state index contributed by atoms with van der Waals surface area (Å²) >= 11 is 5.75. The van der Waals surface area contributed by atoms with Gasteiger partial charge in [0.05, 0.1) is 16.8 Å². The Hall–Kier alpha value is -1.08. The number of nitrogens with one attached hydrogen (secondary N) is 1. The lowest BCUT2D eigenvalue weighted by atomic mass is 10.1. The SMILES string of the molecule is C#CCCCC(NN)c1ccc(Cl)cn1. The molecule has 80 valence electrons. The molecular formula is C11H14ClN3. The molecule has 0 aliphatic carbocycles. The first-order valence-corrected chi connectivity index (χ1v) is 5.16. The molecule has 0 saturated carbocycles. The van der Waals surface area contributed by atoms with Crippen LogP contribution in [0.1, 0.15) is 31.0 Å². The first-order chi connectivity index (χ1) is 7.27. The first kappa shape index (κ1) is 12.0. The monoisotopic (exact) mass is 223 g/mol. The summed E-state index contributed by atoms with van der Waals surface area (Å²) < 4.78 is 0. The van der Waals surface area contributed by atoms with Gasteiger partial charge in [-0.1, -0.05) is 11.6 Å². The zero-order chi connectivity index (χ0) is 11.1. The van der Waals surface area contributed by atoms with Crippen LogP contribution in [0.4, 0.5) is 0 Å². The number of hydrazine groups is 1. The Bertz CT molecular complexity index is 329. The van der Waals surface area contributed by atoms with Gasteiger partial charge in [0.1, 0.15) is 0 Å². The third-order valence-corrected chi connectivity index (χ3v) is 2.35. The minimum absolute atomic E-state index is 0.0376. The van der Waals surface area contributed by atoms with Crippen molar-refractivity contribution in [1.29, 1.82) is 0 Å². The Morgan fingerprint density at radius 2 is 2.40 bits per heavy atom. The number of terminal acetylenes is 1. The highest BCUT2D eigenvalue weighted by atomic mass is 35.5. The van der Waals surface area contributed by atoms with Crippen LogP contribution in [0, 0.1) is 12.3 Å². The number of hydrogen-bond donors (Lipinski definition) is 2. The molecule has 0 bridgehead atoms. The molecule has 4 heteroatoms. The largest absolute Gasteiger partial charge is 0.271 e. The summed E-state index contributed by atoms with van der Waals surface area (Å²) in [6.07, 6.45) is 9.35. The van der Waals surface area contributed by atoms with E-state index in [1.54, 1.807) is 12.3 Å². The number of hydrogen-bond acceptors (Lipinski definition) is 3. The van der Waals surface area contributed by atoms with Gasteiger partial charge in [0.25, 0.3) is 0 Å². The maximum absolute atomic E-state index is 5.75. The molecule has 15 heavy (non-hydrogen) atoms. The highest BCUT2D eigenvalue weighted by Crippen LogP contribution is 2.17. The zero-order valence-electron chi connectivity index (χ0n) is 8.41. The average Bonchev–Trinajstić information content (AvgIpc) is 2.26. The Labute approximate surface area is 95.0 Å². The summed E-state index contributed by atoms with van der Waals surface area (Å²) in [4.78, 5) is 4.20. The van der Waals surface area contributed by atoms with Crippen molar-refractivity contribution in [3.63, 3.8) is 0 Å². The fraction of sp³-hybridized carbons (Fsp3) is 0.364. The van der Waals surface area contributed by atoms with Crippen molar-refractivity contribution >= 4 is 11.6 Å². The predicted octanol–water partition coefficient (Wildman–Crippen LogP) is 2.04. The van der Waals surface area contributed by atoms with Gasteiger partial charge in [0, 0.05) is 12.6 Å². The zero-order valence-corrected chi connectivity index (χ0v) is 9.17. The minimum Gasteiger partial charge on any atom is -0.271 e. The Kier molecular flexibility index (Phi) is 5.13. The summed E-state index contributed by atoms with van der Waals surface area (Å²) in [7, 11) is 0. The van der Waals surface area contributed by atoms with Gasteiger partial charge in [-0.2, -0.15) is 0 Å². The van der Waals surface area contributed by atoms with Crippen molar-refractivity contribution in [3.8, 4) is 12.3 Å². The van der Waals surface area contributed by atoms with E-state index in [4.69, 9.17) is 23.9 Å². The number of rotatable bonds is 5. The van der Waals surface area contributed by atoms with E-state index >= 15 is 0 Å². The standard InChI is InChI=1S/C11H14ClN3/c1-2-3-4-5-11(15-13)10-7-6-9(12)8-14-10/h1,6-8,11,15H,3-5,13H2. The van der Waals surface area contributed by atoms with E-state index in [0.29, 0.717) is 5.02 Å². The van der Waals surface area contributed by atoms with Gasteiger partial charge in [0.2, 0.25) is 0 Å². The Morgan fingerprint density at radius 1 is 1.60 bits per heavy atom. The van der Waals surface area contributed by atoms with Crippen LogP contribution in [0.3, 0.4) is 0 Å². The van der Waals surface area contributed by atoms with Crippen molar-refractivity contribution in [2.45, 2.75) is 25.3 Å². The molecule has 0 aliphatic rings. The maximum Gasteiger partial charge on any atom is 0.0632 e. The number of nitrogens with zero attached hydrogens (tertiary/aromatic N) is 1. The second kappa shape index (κ2) is 6.41. The molecule has 0 fully saturated rings.